The van der Waals surface area contributed by atoms with E-state index in [4.69, 9.17) is 10.5 Å². The Labute approximate surface area is 292 Å². The van der Waals surface area contributed by atoms with Gasteiger partial charge in [-0.15, -0.1) is 0 Å². The van der Waals surface area contributed by atoms with Gasteiger partial charge >= 0.3 is 12.3 Å². The fraction of sp³-hybridized carbons (Fsp3) is 0.571. The minimum absolute atomic E-state index is 0.0533. The van der Waals surface area contributed by atoms with Crippen LogP contribution in [0.5, 0.6) is 0 Å². The molecule has 14 heteroatoms. The molecular formula is C35H42BrF3N6O4. The summed E-state index contributed by atoms with van der Waals surface area (Å²) in [5, 5.41) is 6.60. The number of carbonyl (C=O) groups is 3. The molecule has 7 rings (SSSR count). The summed E-state index contributed by atoms with van der Waals surface area (Å²) in [6.45, 7) is 2.88. The van der Waals surface area contributed by atoms with E-state index in [1.807, 2.05) is 24.3 Å². The Hall–Kier alpha value is -3.36. The summed E-state index contributed by atoms with van der Waals surface area (Å²) in [4.78, 5) is 46.0. The molecule has 0 aliphatic carbocycles. The molecule has 4 N–H and O–H groups in total. The van der Waals surface area contributed by atoms with Gasteiger partial charge in [-0.25, -0.2) is 4.79 Å². The van der Waals surface area contributed by atoms with Gasteiger partial charge in [0.05, 0.1) is 11.3 Å². The number of para-hydroxylation sites is 1. The van der Waals surface area contributed by atoms with Gasteiger partial charge in [0, 0.05) is 85.8 Å². The molecule has 5 aliphatic rings. The molecule has 49 heavy (non-hydrogen) atoms. The lowest BCUT2D eigenvalue weighted by Gasteiger charge is -2.45. The Balaban J connectivity index is 1.06. The molecule has 4 fully saturated rings. The van der Waals surface area contributed by atoms with Crippen LogP contribution in [-0.2, 0) is 32.3 Å². The van der Waals surface area contributed by atoms with Gasteiger partial charge in [0.2, 0.25) is 5.91 Å². The monoisotopic (exact) mass is 746 g/mol. The van der Waals surface area contributed by atoms with Crippen LogP contribution in [0.1, 0.15) is 61.6 Å². The van der Waals surface area contributed by atoms with Crippen molar-refractivity contribution in [2.45, 2.75) is 87.2 Å². The van der Waals surface area contributed by atoms with Crippen molar-refractivity contribution in [3.05, 3.63) is 57.6 Å². The number of nitrogens with zero attached hydrogens (tertiary/aromatic N) is 3. The molecule has 1 spiro atoms. The first kappa shape index (κ1) is 34.1. The van der Waals surface area contributed by atoms with E-state index in [0.29, 0.717) is 76.7 Å². The normalized spacial score (nSPS) is 25.9. The highest BCUT2D eigenvalue weighted by Gasteiger charge is 2.44. The van der Waals surface area contributed by atoms with E-state index in [1.165, 1.54) is 23.8 Å². The summed E-state index contributed by atoms with van der Waals surface area (Å²) in [6.07, 6.45) is -1.02. The summed E-state index contributed by atoms with van der Waals surface area (Å²) in [7, 11) is 0. The van der Waals surface area contributed by atoms with E-state index in [1.54, 1.807) is 4.90 Å². The maximum Gasteiger partial charge on any atom is 0.418 e. The van der Waals surface area contributed by atoms with E-state index in [9.17, 15) is 27.6 Å². The van der Waals surface area contributed by atoms with Crippen LogP contribution in [0.3, 0.4) is 0 Å². The van der Waals surface area contributed by atoms with Crippen molar-refractivity contribution in [2.75, 3.05) is 50.3 Å². The number of likely N-dealkylation sites (tertiary alicyclic amines) is 1. The van der Waals surface area contributed by atoms with Crippen molar-refractivity contribution >= 4 is 45.2 Å². The lowest BCUT2D eigenvalue weighted by molar-refractivity contribution is -0.143. The lowest BCUT2D eigenvalue weighted by atomic mass is 9.68. The van der Waals surface area contributed by atoms with Gasteiger partial charge in [-0.3, -0.25) is 14.5 Å². The second-order valence-electron chi connectivity index (χ2n) is 14.3. The first-order valence-electron chi connectivity index (χ1n) is 17.2. The van der Waals surface area contributed by atoms with Crippen LogP contribution in [0.15, 0.2) is 40.9 Å². The molecule has 2 aromatic rings. The number of piperidine rings is 2. The number of carbonyl (C=O) groups excluding carboxylic acids is 3. The van der Waals surface area contributed by atoms with Gasteiger partial charge in [-0.1, -0.05) is 18.2 Å². The number of piperazine rings is 1. The summed E-state index contributed by atoms with van der Waals surface area (Å²) < 4.78 is 47.5. The third-order valence-corrected chi connectivity index (χ3v) is 11.9. The number of amides is 3. The van der Waals surface area contributed by atoms with E-state index in [-0.39, 0.29) is 22.4 Å². The summed E-state index contributed by atoms with van der Waals surface area (Å²) in [5.41, 5.74) is 5.87. The first-order chi connectivity index (χ1) is 23.4. The van der Waals surface area contributed by atoms with Crippen LogP contribution < -0.4 is 16.4 Å². The molecule has 10 nitrogen and oxygen atoms in total. The number of nitrogens with one attached hydrogen (secondary N) is 2. The zero-order chi connectivity index (χ0) is 34.5. The maximum atomic E-state index is 14.1. The Kier molecular flexibility index (Phi) is 9.33. The van der Waals surface area contributed by atoms with Crippen molar-refractivity contribution < 1.29 is 32.3 Å². The molecule has 4 saturated heterocycles. The van der Waals surface area contributed by atoms with Crippen molar-refractivity contribution in [1.29, 1.82) is 0 Å². The number of nitrogens with two attached hydrogens (primary N) is 1. The number of ether oxygens (including phenoxy) is 1. The van der Waals surface area contributed by atoms with E-state index in [2.05, 4.69) is 31.5 Å². The second kappa shape index (κ2) is 13.4. The molecule has 3 amide bonds. The number of hydrogen-bond acceptors (Lipinski definition) is 7. The molecular weight excluding hydrogens is 705 g/mol. The number of halogens is 4. The molecule has 5 heterocycles. The quantitative estimate of drug-likeness (QED) is 0.373. The average Bonchev–Trinajstić information content (AvgIpc) is 3.42. The number of nitrogen functional groups attached to an aromatic ring is 1. The molecule has 2 aromatic carbocycles. The van der Waals surface area contributed by atoms with Crippen LogP contribution >= 0.6 is 15.9 Å². The number of benzene rings is 2. The molecule has 0 saturated carbocycles. The van der Waals surface area contributed by atoms with Gasteiger partial charge in [0.1, 0.15) is 0 Å². The van der Waals surface area contributed by atoms with Crippen LogP contribution in [0.25, 0.3) is 0 Å². The number of anilines is 2. The fourth-order valence-corrected chi connectivity index (χ4v) is 9.18. The topological polar surface area (TPSA) is 120 Å². The van der Waals surface area contributed by atoms with Gasteiger partial charge in [0.15, 0.2) is 6.10 Å². The highest BCUT2D eigenvalue weighted by Crippen LogP contribution is 2.45. The summed E-state index contributed by atoms with van der Waals surface area (Å²) in [5.74, 6) is -0.493. The zero-order valence-corrected chi connectivity index (χ0v) is 28.8. The third-order valence-electron chi connectivity index (χ3n) is 11.3. The number of alkyl halides is 3. The van der Waals surface area contributed by atoms with Crippen molar-refractivity contribution in [2.24, 2.45) is 0 Å². The molecule has 264 valence electrons. The van der Waals surface area contributed by atoms with Crippen molar-refractivity contribution in [1.82, 2.24) is 20.0 Å². The molecule has 2 bridgehead atoms. The molecule has 0 radical (unpaired) electrons. The van der Waals surface area contributed by atoms with Crippen LogP contribution in [0, 0.1) is 0 Å². The molecule has 3 atom stereocenters. The molecule has 2 unspecified atom stereocenters. The SMILES string of the molecule is Nc1c(Br)cc(C[C@@H](OC(=O)N2CCC3(CC2)CC(=O)Nc2ccccc23)C(=O)N2CCN(C3CC4CCC(C3)N4)CC2)cc1C(F)(F)F. The Morgan fingerprint density at radius 2 is 1.67 bits per heavy atom. The summed E-state index contributed by atoms with van der Waals surface area (Å²) in [6, 6.07) is 11.6. The Bertz CT molecular complexity index is 1600. The molecule has 0 aromatic heterocycles. The van der Waals surface area contributed by atoms with Crippen LogP contribution in [0.2, 0.25) is 0 Å². The van der Waals surface area contributed by atoms with E-state index < -0.39 is 40.9 Å². The predicted molar refractivity (Wildman–Crippen MR) is 181 cm³/mol. The van der Waals surface area contributed by atoms with Crippen molar-refractivity contribution in [3.8, 4) is 0 Å². The summed E-state index contributed by atoms with van der Waals surface area (Å²) >= 11 is 3.14. The second-order valence-corrected chi connectivity index (χ2v) is 15.1. The highest BCUT2D eigenvalue weighted by molar-refractivity contribution is 9.10. The lowest BCUT2D eigenvalue weighted by Crippen LogP contribution is -2.57. The number of fused-ring (bicyclic) bond motifs is 4. The predicted octanol–water partition coefficient (Wildman–Crippen LogP) is 4.90. The first-order valence-corrected chi connectivity index (χ1v) is 18.0. The van der Waals surface area contributed by atoms with Crippen LogP contribution in [0.4, 0.5) is 29.3 Å². The smallest absolute Gasteiger partial charge is 0.418 e. The molecule has 5 aliphatic heterocycles. The van der Waals surface area contributed by atoms with Gasteiger partial charge in [-0.2, -0.15) is 13.2 Å². The maximum absolute atomic E-state index is 14.1. The van der Waals surface area contributed by atoms with Crippen molar-refractivity contribution in [3.63, 3.8) is 0 Å². The number of hydrogen-bond donors (Lipinski definition) is 3. The fourth-order valence-electron chi connectivity index (χ4n) is 8.67. The highest BCUT2D eigenvalue weighted by atomic mass is 79.9. The zero-order valence-electron chi connectivity index (χ0n) is 27.2. The third kappa shape index (κ3) is 7.01. The van der Waals surface area contributed by atoms with Gasteiger partial charge in [0.25, 0.3) is 5.91 Å². The standard InChI is InChI=1S/C35H42BrF3N6O4/c36-27-16-21(15-26(31(27)40)35(37,38)39)17-29(32(47)44-13-11-43(12-14-44)24-18-22-5-6-23(19-24)41-22)49-33(48)45-9-7-34(8-10-45)20-30(46)42-28-4-2-1-3-25(28)34/h1-4,15-16,22-24,29,41H,5-14,17-20,40H2,(H,42,46)/t22?,23?,24?,29-/m1/s1. The van der Waals surface area contributed by atoms with Gasteiger partial charge < -0.3 is 30.9 Å². The van der Waals surface area contributed by atoms with E-state index >= 15 is 0 Å². The van der Waals surface area contributed by atoms with E-state index in [0.717, 1.165) is 30.2 Å². The minimum atomic E-state index is -4.71. The largest absolute Gasteiger partial charge is 0.436 e. The minimum Gasteiger partial charge on any atom is -0.436 e. The average molecular weight is 748 g/mol. The Morgan fingerprint density at radius 1 is 1.00 bits per heavy atom. The number of rotatable bonds is 5. The Morgan fingerprint density at radius 3 is 2.35 bits per heavy atom. The van der Waals surface area contributed by atoms with Gasteiger partial charge in [-0.05, 0) is 83.8 Å². The van der Waals surface area contributed by atoms with Crippen LogP contribution in [-0.4, -0.2) is 96.1 Å².